The largest absolute Gasteiger partial charge is 0.324 e. The predicted octanol–water partition coefficient (Wildman–Crippen LogP) is 2.72. The number of carbonyl (C=O) groups excluding carboxylic acids is 1. The maximum atomic E-state index is 12.2. The van der Waals surface area contributed by atoms with Gasteiger partial charge in [-0.05, 0) is 44.9 Å². The van der Waals surface area contributed by atoms with E-state index < -0.39 is 0 Å². The lowest BCUT2D eigenvalue weighted by Crippen LogP contribution is -2.28. The Morgan fingerprint density at radius 1 is 1.10 bits per heavy atom. The normalized spacial score (nSPS) is 10.5. The molecule has 4 nitrogen and oxygen atoms in total. The Bertz CT molecular complexity index is 722. The van der Waals surface area contributed by atoms with Crippen LogP contribution in [0.4, 0.5) is 5.69 Å². The van der Waals surface area contributed by atoms with Crippen molar-refractivity contribution >= 4 is 11.6 Å². The standard InChI is InChI=1S/C17H20N2O2/c1-11-8-12(2)17(13(3)9-11)18-15(20)10-19-14(4)6-5-7-16(19)21/h5-9H,10H2,1-4H3,(H,18,20). The maximum Gasteiger partial charge on any atom is 0.251 e. The summed E-state index contributed by atoms with van der Waals surface area (Å²) >= 11 is 0. The highest BCUT2D eigenvalue weighted by Crippen LogP contribution is 2.21. The molecule has 0 bridgehead atoms. The summed E-state index contributed by atoms with van der Waals surface area (Å²) in [6, 6.07) is 9.03. The summed E-state index contributed by atoms with van der Waals surface area (Å²) in [7, 11) is 0. The number of hydrogen-bond acceptors (Lipinski definition) is 2. The summed E-state index contributed by atoms with van der Waals surface area (Å²) in [5.41, 5.74) is 4.65. The number of amides is 1. The van der Waals surface area contributed by atoms with Gasteiger partial charge in [-0.15, -0.1) is 0 Å². The van der Waals surface area contributed by atoms with E-state index in [1.54, 1.807) is 6.07 Å². The molecule has 0 aliphatic carbocycles. The van der Waals surface area contributed by atoms with Crippen LogP contribution >= 0.6 is 0 Å². The van der Waals surface area contributed by atoms with Crippen molar-refractivity contribution in [2.75, 3.05) is 5.32 Å². The molecule has 0 fully saturated rings. The Balaban J connectivity index is 2.22. The van der Waals surface area contributed by atoms with E-state index in [2.05, 4.69) is 5.32 Å². The van der Waals surface area contributed by atoms with Crippen LogP contribution in [0.15, 0.2) is 35.1 Å². The third-order valence-corrected chi connectivity index (χ3v) is 3.51. The van der Waals surface area contributed by atoms with Gasteiger partial charge in [0.2, 0.25) is 5.91 Å². The molecular formula is C17H20N2O2. The van der Waals surface area contributed by atoms with Gasteiger partial charge in [0.05, 0.1) is 0 Å². The van der Waals surface area contributed by atoms with E-state index in [-0.39, 0.29) is 18.0 Å². The minimum atomic E-state index is -0.193. The molecule has 4 heteroatoms. The number of carbonyl (C=O) groups is 1. The van der Waals surface area contributed by atoms with Gasteiger partial charge < -0.3 is 9.88 Å². The molecule has 0 atom stereocenters. The average molecular weight is 284 g/mol. The third-order valence-electron chi connectivity index (χ3n) is 3.51. The Morgan fingerprint density at radius 2 is 1.71 bits per heavy atom. The molecule has 2 aromatic rings. The maximum absolute atomic E-state index is 12.2. The van der Waals surface area contributed by atoms with Crippen molar-refractivity contribution < 1.29 is 4.79 Å². The molecule has 0 aliphatic heterocycles. The molecule has 2 rings (SSSR count). The summed E-state index contributed by atoms with van der Waals surface area (Å²) in [6.45, 7) is 7.80. The van der Waals surface area contributed by atoms with Crippen LogP contribution in [0.5, 0.6) is 0 Å². The number of aryl methyl sites for hydroxylation is 4. The molecule has 1 N–H and O–H groups in total. The molecule has 21 heavy (non-hydrogen) atoms. The van der Waals surface area contributed by atoms with Gasteiger partial charge in [-0.1, -0.05) is 23.8 Å². The van der Waals surface area contributed by atoms with Crippen molar-refractivity contribution in [2.45, 2.75) is 34.2 Å². The van der Waals surface area contributed by atoms with E-state index in [0.29, 0.717) is 0 Å². The fraction of sp³-hybridized carbons (Fsp3) is 0.294. The highest BCUT2D eigenvalue weighted by Gasteiger charge is 2.10. The first-order valence-corrected chi connectivity index (χ1v) is 6.92. The van der Waals surface area contributed by atoms with Crippen LogP contribution in [0.1, 0.15) is 22.4 Å². The second-order valence-corrected chi connectivity index (χ2v) is 5.41. The average Bonchev–Trinajstić information content (AvgIpc) is 2.38. The molecule has 0 saturated carbocycles. The first-order chi connectivity index (χ1) is 9.88. The van der Waals surface area contributed by atoms with Crippen LogP contribution in [-0.4, -0.2) is 10.5 Å². The van der Waals surface area contributed by atoms with Crippen molar-refractivity contribution in [2.24, 2.45) is 0 Å². The molecule has 0 aliphatic rings. The molecule has 1 aromatic carbocycles. The quantitative estimate of drug-likeness (QED) is 0.942. The molecule has 0 saturated heterocycles. The number of nitrogens with one attached hydrogen (secondary N) is 1. The summed E-state index contributed by atoms with van der Waals surface area (Å²) in [5.74, 6) is -0.193. The Hall–Kier alpha value is -2.36. The van der Waals surface area contributed by atoms with Crippen molar-refractivity contribution in [3.63, 3.8) is 0 Å². The van der Waals surface area contributed by atoms with Crippen LogP contribution in [0, 0.1) is 27.7 Å². The smallest absolute Gasteiger partial charge is 0.251 e. The topological polar surface area (TPSA) is 51.1 Å². The molecule has 1 amide bonds. The van der Waals surface area contributed by atoms with Crippen LogP contribution in [0.3, 0.4) is 0 Å². The number of benzene rings is 1. The molecule has 0 radical (unpaired) electrons. The Kier molecular flexibility index (Phi) is 4.26. The zero-order chi connectivity index (χ0) is 15.6. The van der Waals surface area contributed by atoms with E-state index in [1.165, 1.54) is 10.6 Å². The van der Waals surface area contributed by atoms with Gasteiger partial charge in [0.15, 0.2) is 0 Å². The third kappa shape index (κ3) is 3.40. The fourth-order valence-corrected chi connectivity index (χ4v) is 2.53. The van der Waals surface area contributed by atoms with Crippen LogP contribution < -0.4 is 10.9 Å². The SMILES string of the molecule is Cc1cc(C)c(NC(=O)Cn2c(C)cccc2=O)c(C)c1. The minimum absolute atomic E-state index is 0.0261. The van der Waals surface area contributed by atoms with Crippen molar-refractivity contribution in [1.29, 1.82) is 0 Å². The molecule has 1 aromatic heterocycles. The van der Waals surface area contributed by atoms with Crippen molar-refractivity contribution in [1.82, 2.24) is 4.57 Å². The Labute approximate surface area is 124 Å². The number of pyridine rings is 1. The predicted molar refractivity (Wildman–Crippen MR) is 84.7 cm³/mol. The first-order valence-electron chi connectivity index (χ1n) is 6.92. The second-order valence-electron chi connectivity index (χ2n) is 5.41. The molecule has 1 heterocycles. The van der Waals surface area contributed by atoms with E-state index in [0.717, 1.165) is 28.1 Å². The van der Waals surface area contributed by atoms with Crippen molar-refractivity contribution in [3.05, 3.63) is 63.1 Å². The van der Waals surface area contributed by atoms with E-state index in [4.69, 9.17) is 0 Å². The first kappa shape index (κ1) is 15.0. The van der Waals surface area contributed by atoms with Gasteiger partial charge in [-0.25, -0.2) is 0 Å². The zero-order valence-corrected chi connectivity index (χ0v) is 12.9. The van der Waals surface area contributed by atoms with E-state index in [9.17, 15) is 9.59 Å². The number of hydrogen-bond donors (Lipinski definition) is 1. The monoisotopic (exact) mass is 284 g/mol. The number of rotatable bonds is 3. The second kappa shape index (κ2) is 5.95. The molecule has 0 spiro atoms. The van der Waals surface area contributed by atoms with Crippen LogP contribution in [0.25, 0.3) is 0 Å². The highest BCUT2D eigenvalue weighted by molar-refractivity contribution is 5.92. The van der Waals surface area contributed by atoms with Crippen molar-refractivity contribution in [3.8, 4) is 0 Å². The number of anilines is 1. The van der Waals surface area contributed by atoms with Crippen LogP contribution in [-0.2, 0) is 11.3 Å². The van der Waals surface area contributed by atoms with E-state index >= 15 is 0 Å². The van der Waals surface area contributed by atoms with Gasteiger partial charge in [0.1, 0.15) is 6.54 Å². The number of nitrogens with zero attached hydrogens (tertiary/aromatic N) is 1. The fourth-order valence-electron chi connectivity index (χ4n) is 2.53. The van der Waals surface area contributed by atoms with Gasteiger partial charge in [-0.3, -0.25) is 9.59 Å². The lowest BCUT2D eigenvalue weighted by Gasteiger charge is -2.14. The zero-order valence-electron chi connectivity index (χ0n) is 12.9. The minimum Gasteiger partial charge on any atom is -0.324 e. The highest BCUT2D eigenvalue weighted by atomic mass is 16.2. The number of aromatic nitrogens is 1. The molecule has 0 unspecified atom stereocenters. The summed E-state index contributed by atoms with van der Waals surface area (Å²) in [4.78, 5) is 24.0. The van der Waals surface area contributed by atoms with Gasteiger partial charge in [0.25, 0.3) is 5.56 Å². The van der Waals surface area contributed by atoms with Crippen LogP contribution in [0.2, 0.25) is 0 Å². The Morgan fingerprint density at radius 3 is 2.29 bits per heavy atom. The summed E-state index contributed by atoms with van der Waals surface area (Å²) in [6.07, 6.45) is 0. The van der Waals surface area contributed by atoms with E-state index in [1.807, 2.05) is 45.9 Å². The summed E-state index contributed by atoms with van der Waals surface area (Å²) < 4.78 is 1.47. The molecular weight excluding hydrogens is 264 g/mol. The van der Waals surface area contributed by atoms with Gasteiger partial charge >= 0.3 is 0 Å². The lowest BCUT2D eigenvalue weighted by atomic mass is 10.1. The lowest BCUT2D eigenvalue weighted by molar-refractivity contribution is -0.116. The van der Waals surface area contributed by atoms with Gasteiger partial charge in [0, 0.05) is 17.4 Å². The van der Waals surface area contributed by atoms with Gasteiger partial charge in [-0.2, -0.15) is 0 Å². The molecule has 110 valence electrons. The summed E-state index contributed by atoms with van der Waals surface area (Å²) in [5, 5.41) is 2.91.